The van der Waals surface area contributed by atoms with E-state index in [9.17, 15) is 9.59 Å². The Balaban J connectivity index is 0.964. The van der Waals surface area contributed by atoms with Crippen LogP contribution in [-0.2, 0) is 0 Å². The van der Waals surface area contributed by atoms with E-state index in [1.807, 2.05) is 80.6 Å². The van der Waals surface area contributed by atoms with Crippen molar-refractivity contribution in [3.63, 3.8) is 0 Å². The van der Waals surface area contributed by atoms with Gasteiger partial charge < -0.3 is 28.4 Å². The van der Waals surface area contributed by atoms with Crippen molar-refractivity contribution >= 4 is 23.3 Å². The van der Waals surface area contributed by atoms with Gasteiger partial charge in [0.25, 0.3) is 0 Å². The van der Waals surface area contributed by atoms with Crippen molar-refractivity contribution in [1.29, 1.82) is 0 Å². The fraction of sp³-hybridized carbons (Fsp3) is 0.208. The molecule has 10 heteroatoms. The zero-order valence-corrected chi connectivity index (χ0v) is 32.7. The van der Waals surface area contributed by atoms with Crippen LogP contribution < -0.4 is 28.4 Å². The summed E-state index contributed by atoms with van der Waals surface area (Å²) < 4.78 is 34.2. The molecule has 0 spiro atoms. The van der Waals surface area contributed by atoms with Gasteiger partial charge in [-0.3, -0.25) is 0 Å². The van der Waals surface area contributed by atoms with Crippen molar-refractivity contribution in [2.45, 2.75) is 39.5 Å². The largest absolute Gasteiger partial charge is 0.494 e. The number of nitrogens with zero attached hydrogens (tertiary/aromatic N) is 2. The Morgan fingerprint density at radius 3 is 1.48 bits per heavy atom. The van der Waals surface area contributed by atoms with E-state index in [0.29, 0.717) is 49.4 Å². The van der Waals surface area contributed by atoms with Gasteiger partial charge >= 0.3 is 11.9 Å². The molecule has 0 N–H and O–H groups in total. The fourth-order valence-electron chi connectivity index (χ4n) is 5.81. The number of ether oxygens (including phenoxy) is 6. The molecule has 0 aliphatic heterocycles. The smallest absolute Gasteiger partial charge is 0.347 e. The average Bonchev–Trinajstić information content (AvgIpc) is 3.26. The first-order valence-corrected chi connectivity index (χ1v) is 19.4. The molecule has 0 aromatic heterocycles. The van der Waals surface area contributed by atoms with E-state index in [-0.39, 0.29) is 16.9 Å². The van der Waals surface area contributed by atoms with Crippen molar-refractivity contribution in [3.05, 3.63) is 157 Å². The Kier molecular flexibility index (Phi) is 15.0. The topological polar surface area (TPSA) is 114 Å². The lowest BCUT2D eigenvalue weighted by Crippen LogP contribution is -2.14. The van der Waals surface area contributed by atoms with E-state index in [2.05, 4.69) is 22.4 Å². The molecule has 0 saturated carbocycles. The van der Waals surface area contributed by atoms with Crippen LogP contribution in [-0.4, -0.2) is 38.4 Å². The molecule has 0 fully saturated rings. The highest BCUT2D eigenvalue weighted by atomic mass is 16.5. The zero-order chi connectivity index (χ0) is 40.4. The highest BCUT2D eigenvalue weighted by molar-refractivity contribution is 5.97. The number of unbranched alkanes of at least 4 members (excludes halogenated alkanes) is 3. The first kappa shape index (κ1) is 40.7. The number of benzene rings is 6. The third-order valence-electron chi connectivity index (χ3n) is 8.78. The Labute approximate surface area is 339 Å². The summed E-state index contributed by atoms with van der Waals surface area (Å²) in [5, 5.41) is 8.73. The van der Waals surface area contributed by atoms with Gasteiger partial charge in [-0.2, -0.15) is 10.2 Å². The second-order valence-electron chi connectivity index (χ2n) is 13.0. The Morgan fingerprint density at radius 1 is 0.448 bits per heavy atom. The molecule has 0 unspecified atom stereocenters. The van der Waals surface area contributed by atoms with E-state index in [0.717, 1.165) is 53.9 Å². The van der Waals surface area contributed by atoms with Gasteiger partial charge in [-0.25, -0.2) is 9.59 Å². The van der Waals surface area contributed by atoms with Crippen molar-refractivity contribution in [2.24, 2.45) is 10.2 Å². The van der Waals surface area contributed by atoms with E-state index >= 15 is 0 Å². The van der Waals surface area contributed by atoms with E-state index in [1.165, 1.54) is 18.2 Å². The standard InChI is InChI=1S/C48H46N2O8/c1-3-53-40-23-27-43(28-24-40)57-47(51)37-16-31-45(48(52)58-44-29-25-41(26-30-44)54-4-2)46(34-37)56-33-11-6-5-10-32-55-42-21-19-39(20-22-42)50-49-38-17-14-36(15-18-38)35-12-8-7-9-13-35/h7-9,12-31,34H,3-6,10-11,32-33H2,1-2H3. The number of hydrogen-bond donors (Lipinski definition) is 0. The Bertz CT molecular complexity index is 2220. The number of esters is 2. The molecule has 0 amide bonds. The zero-order valence-electron chi connectivity index (χ0n) is 32.7. The summed E-state index contributed by atoms with van der Waals surface area (Å²) in [5.41, 5.74) is 4.22. The lowest BCUT2D eigenvalue weighted by Gasteiger charge is -2.13. The molecule has 296 valence electrons. The van der Waals surface area contributed by atoms with Gasteiger partial charge in [0.15, 0.2) is 0 Å². The van der Waals surface area contributed by atoms with Gasteiger partial charge in [0.2, 0.25) is 0 Å². The van der Waals surface area contributed by atoms with Crippen LogP contribution in [0.4, 0.5) is 11.4 Å². The summed E-state index contributed by atoms with van der Waals surface area (Å²) in [6.07, 6.45) is 3.37. The van der Waals surface area contributed by atoms with Crippen molar-refractivity contribution < 1.29 is 38.0 Å². The van der Waals surface area contributed by atoms with Crippen molar-refractivity contribution in [2.75, 3.05) is 26.4 Å². The van der Waals surface area contributed by atoms with Crippen LogP contribution in [0.2, 0.25) is 0 Å². The summed E-state index contributed by atoms with van der Waals surface area (Å²) in [4.78, 5) is 26.4. The molecule has 6 aromatic rings. The van der Waals surface area contributed by atoms with Gasteiger partial charge in [-0.05, 0) is 154 Å². The van der Waals surface area contributed by atoms with Crippen LogP contribution >= 0.6 is 0 Å². The Hall–Kier alpha value is -6.94. The molecule has 0 bridgehead atoms. The maximum Gasteiger partial charge on any atom is 0.347 e. The van der Waals surface area contributed by atoms with Crippen LogP contribution in [0.25, 0.3) is 11.1 Å². The van der Waals surface area contributed by atoms with Crippen LogP contribution in [0.3, 0.4) is 0 Å². The first-order chi connectivity index (χ1) is 28.5. The molecule has 0 heterocycles. The minimum atomic E-state index is -0.618. The minimum absolute atomic E-state index is 0.185. The average molecular weight is 779 g/mol. The van der Waals surface area contributed by atoms with Crippen LogP contribution in [0.1, 0.15) is 60.2 Å². The summed E-state index contributed by atoms with van der Waals surface area (Å²) >= 11 is 0. The second-order valence-corrected chi connectivity index (χ2v) is 13.0. The van der Waals surface area contributed by atoms with Gasteiger partial charge in [0, 0.05) is 0 Å². The number of azo groups is 1. The molecule has 0 radical (unpaired) electrons. The molecule has 0 atom stereocenters. The van der Waals surface area contributed by atoms with Crippen molar-refractivity contribution in [3.8, 4) is 45.6 Å². The summed E-state index contributed by atoms with van der Waals surface area (Å²) in [7, 11) is 0. The van der Waals surface area contributed by atoms with E-state index < -0.39 is 11.9 Å². The maximum absolute atomic E-state index is 13.3. The molecule has 0 aliphatic rings. The van der Waals surface area contributed by atoms with Crippen LogP contribution in [0, 0.1) is 0 Å². The second kappa shape index (κ2) is 21.4. The van der Waals surface area contributed by atoms with Crippen LogP contribution in [0.5, 0.6) is 34.5 Å². The lowest BCUT2D eigenvalue weighted by atomic mass is 10.1. The Morgan fingerprint density at radius 2 is 0.914 bits per heavy atom. The number of hydrogen-bond acceptors (Lipinski definition) is 10. The summed E-state index contributed by atoms with van der Waals surface area (Å²) in [5.74, 6) is 1.83. The molecule has 58 heavy (non-hydrogen) atoms. The predicted molar refractivity (Wildman–Crippen MR) is 224 cm³/mol. The molecule has 6 rings (SSSR count). The van der Waals surface area contributed by atoms with Crippen LogP contribution in [0.15, 0.2) is 156 Å². The number of carbonyl (C=O) groups is 2. The molecule has 10 nitrogen and oxygen atoms in total. The highest BCUT2D eigenvalue weighted by Crippen LogP contribution is 2.28. The predicted octanol–water partition coefficient (Wildman–Crippen LogP) is 12.0. The molecule has 0 aliphatic carbocycles. The fourth-order valence-corrected chi connectivity index (χ4v) is 5.81. The molecular formula is C48H46N2O8. The third kappa shape index (κ3) is 12.3. The highest BCUT2D eigenvalue weighted by Gasteiger charge is 2.19. The quantitative estimate of drug-likeness (QED) is 0.0326. The van der Waals surface area contributed by atoms with Crippen molar-refractivity contribution in [1.82, 2.24) is 0 Å². The van der Waals surface area contributed by atoms with Gasteiger partial charge in [0.05, 0.1) is 43.4 Å². The number of rotatable bonds is 20. The third-order valence-corrected chi connectivity index (χ3v) is 8.78. The van der Waals surface area contributed by atoms with E-state index in [1.54, 1.807) is 48.5 Å². The van der Waals surface area contributed by atoms with Gasteiger partial charge in [-0.1, -0.05) is 42.5 Å². The SMILES string of the molecule is CCOc1ccc(OC(=O)c2ccc(C(=O)Oc3ccc(OCC)cc3)c(OCCCCCCOc3ccc(N=Nc4ccc(-c5ccccc5)cc4)cc3)c2)cc1. The minimum Gasteiger partial charge on any atom is -0.494 e. The maximum atomic E-state index is 13.3. The lowest BCUT2D eigenvalue weighted by molar-refractivity contribution is 0.0716. The summed E-state index contributed by atoms with van der Waals surface area (Å²) in [6, 6.07) is 43.8. The monoisotopic (exact) mass is 778 g/mol. The molecule has 0 saturated heterocycles. The molecular weight excluding hydrogens is 733 g/mol. The van der Waals surface area contributed by atoms with Gasteiger partial charge in [0.1, 0.15) is 40.1 Å². The van der Waals surface area contributed by atoms with E-state index in [4.69, 9.17) is 28.4 Å². The summed E-state index contributed by atoms with van der Waals surface area (Å²) in [6.45, 7) is 5.74. The normalized spacial score (nSPS) is 10.9. The number of carbonyl (C=O) groups excluding carboxylic acids is 2. The first-order valence-electron chi connectivity index (χ1n) is 19.4. The van der Waals surface area contributed by atoms with Gasteiger partial charge in [-0.15, -0.1) is 0 Å². The molecule has 6 aromatic carbocycles.